The van der Waals surface area contributed by atoms with Crippen LogP contribution in [0.25, 0.3) is 0 Å². The number of benzene rings is 1. The highest BCUT2D eigenvalue weighted by atomic mass is 15.2. The van der Waals surface area contributed by atoms with Crippen LogP contribution >= 0.6 is 0 Å². The first-order chi connectivity index (χ1) is 8.65. The normalized spacial score (nSPS) is 18.4. The van der Waals surface area contributed by atoms with Crippen molar-refractivity contribution < 1.29 is 0 Å². The zero-order chi connectivity index (χ0) is 13.0. The Labute approximate surface area is 111 Å². The molecule has 0 spiro atoms. The molecule has 0 aromatic heterocycles. The average molecular weight is 247 g/mol. The summed E-state index contributed by atoms with van der Waals surface area (Å²) in [4.78, 5) is 4.93. The van der Waals surface area contributed by atoms with Gasteiger partial charge in [0, 0.05) is 18.3 Å². The fourth-order valence-corrected chi connectivity index (χ4v) is 2.70. The second-order valence-corrected chi connectivity index (χ2v) is 5.53. The third-order valence-electron chi connectivity index (χ3n) is 3.96. The van der Waals surface area contributed by atoms with Crippen LogP contribution in [0.1, 0.15) is 18.4 Å². The smallest absolute Gasteiger partial charge is 0.0316 e. The molecule has 3 nitrogen and oxygen atoms in total. The first-order valence-electron chi connectivity index (χ1n) is 6.88. The molecular weight excluding hydrogens is 222 g/mol. The van der Waals surface area contributed by atoms with Gasteiger partial charge in [-0.15, -0.1) is 0 Å². The molecule has 100 valence electrons. The molecule has 0 aliphatic carbocycles. The Bertz CT molecular complexity index is 368. The molecule has 0 atom stereocenters. The maximum atomic E-state index is 5.80. The van der Waals surface area contributed by atoms with Gasteiger partial charge in [-0.3, -0.25) is 0 Å². The Balaban J connectivity index is 1.75. The van der Waals surface area contributed by atoms with Crippen molar-refractivity contribution in [3.63, 3.8) is 0 Å². The van der Waals surface area contributed by atoms with Gasteiger partial charge in [-0.2, -0.15) is 0 Å². The molecule has 2 rings (SSSR count). The van der Waals surface area contributed by atoms with Gasteiger partial charge in [-0.05, 0) is 64.1 Å². The standard InChI is InChI=1S/C15H25N3/c1-17(2)15-7-10-18(11-8-15)9-6-13-4-3-5-14(16)12-13/h3-5,12,15H,6-11,16H2,1-2H3. The van der Waals surface area contributed by atoms with Crippen LogP contribution in [0.5, 0.6) is 0 Å². The van der Waals surface area contributed by atoms with Crippen molar-refractivity contribution in [2.45, 2.75) is 25.3 Å². The lowest BCUT2D eigenvalue weighted by atomic mass is 10.0. The van der Waals surface area contributed by atoms with Crippen LogP contribution in [0.3, 0.4) is 0 Å². The van der Waals surface area contributed by atoms with Gasteiger partial charge in [-0.25, -0.2) is 0 Å². The zero-order valence-electron chi connectivity index (χ0n) is 11.6. The predicted molar refractivity (Wildman–Crippen MR) is 77.7 cm³/mol. The number of anilines is 1. The lowest BCUT2D eigenvalue weighted by Crippen LogP contribution is -2.42. The summed E-state index contributed by atoms with van der Waals surface area (Å²) >= 11 is 0. The molecule has 1 aromatic rings. The van der Waals surface area contributed by atoms with Gasteiger partial charge >= 0.3 is 0 Å². The minimum Gasteiger partial charge on any atom is -0.399 e. The number of piperidine rings is 1. The number of nitrogens with zero attached hydrogens (tertiary/aromatic N) is 2. The molecule has 3 heteroatoms. The van der Waals surface area contributed by atoms with Crippen LogP contribution in [0.15, 0.2) is 24.3 Å². The van der Waals surface area contributed by atoms with Gasteiger partial charge < -0.3 is 15.5 Å². The van der Waals surface area contributed by atoms with E-state index in [2.05, 4.69) is 36.0 Å². The van der Waals surface area contributed by atoms with Crippen molar-refractivity contribution in [3.8, 4) is 0 Å². The number of likely N-dealkylation sites (tertiary alicyclic amines) is 1. The average Bonchev–Trinajstić information content (AvgIpc) is 2.37. The van der Waals surface area contributed by atoms with E-state index in [0.29, 0.717) is 0 Å². The molecule has 0 radical (unpaired) electrons. The highest BCUT2D eigenvalue weighted by Crippen LogP contribution is 2.15. The maximum absolute atomic E-state index is 5.80. The Kier molecular flexibility index (Phi) is 4.61. The molecular formula is C15H25N3. The third kappa shape index (κ3) is 3.72. The largest absolute Gasteiger partial charge is 0.399 e. The summed E-state index contributed by atoms with van der Waals surface area (Å²) in [6.07, 6.45) is 3.70. The predicted octanol–water partition coefficient (Wildman–Crippen LogP) is 1.84. The van der Waals surface area contributed by atoms with Crippen LogP contribution in [-0.4, -0.2) is 49.6 Å². The molecule has 1 aliphatic rings. The van der Waals surface area contributed by atoms with Gasteiger partial charge in [0.25, 0.3) is 0 Å². The molecule has 0 amide bonds. The van der Waals surface area contributed by atoms with Crippen molar-refractivity contribution in [1.29, 1.82) is 0 Å². The van der Waals surface area contributed by atoms with Crippen molar-refractivity contribution in [2.24, 2.45) is 0 Å². The van der Waals surface area contributed by atoms with Crippen molar-refractivity contribution in [2.75, 3.05) is 39.5 Å². The summed E-state index contributed by atoms with van der Waals surface area (Å²) < 4.78 is 0. The second-order valence-electron chi connectivity index (χ2n) is 5.53. The Morgan fingerprint density at radius 3 is 2.61 bits per heavy atom. The Hall–Kier alpha value is -1.06. The lowest BCUT2D eigenvalue weighted by Gasteiger charge is -2.35. The highest BCUT2D eigenvalue weighted by molar-refractivity contribution is 5.40. The number of hydrogen-bond acceptors (Lipinski definition) is 3. The zero-order valence-corrected chi connectivity index (χ0v) is 11.6. The highest BCUT2D eigenvalue weighted by Gasteiger charge is 2.19. The molecule has 1 heterocycles. The fraction of sp³-hybridized carbons (Fsp3) is 0.600. The number of rotatable bonds is 4. The Morgan fingerprint density at radius 1 is 1.28 bits per heavy atom. The maximum Gasteiger partial charge on any atom is 0.0316 e. The second kappa shape index (κ2) is 6.21. The molecule has 18 heavy (non-hydrogen) atoms. The molecule has 2 N–H and O–H groups in total. The summed E-state index contributed by atoms with van der Waals surface area (Å²) in [5, 5.41) is 0. The Morgan fingerprint density at radius 2 is 2.00 bits per heavy atom. The van der Waals surface area contributed by atoms with Crippen LogP contribution in [-0.2, 0) is 6.42 Å². The van der Waals surface area contributed by atoms with Crippen LogP contribution in [0.2, 0.25) is 0 Å². The van der Waals surface area contributed by atoms with E-state index in [1.165, 1.54) is 31.5 Å². The van der Waals surface area contributed by atoms with Gasteiger partial charge in [-0.1, -0.05) is 12.1 Å². The van der Waals surface area contributed by atoms with E-state index >= 15 is 0 Å². The molecule has 0 bridgehead atoms. The van der Waals surface area contributed by atoms with E-state index in [4.69, 9.17) is 5.73 Å². The van der Waals surface area contributed by atoms with E-state index in [0.717, 1.165) is 24.7 Å². The molecule has 0 saturated carbocycles. The van der Waals surface area contributed by atoms with Crippen LogP contribution in [0, 0.1) is 0 Å². The van der Waals surface area contributed by atoms with Crippen molar-refractivity contribution >= 4 is 5.69 Å². The summed E-state index contributed by atoms with van der Waals surface area (Å²) in [6.45, 7) is 3.61. The van der Waals surface area contributed by atoms with E-state index in [1.807, 2.05) is 12.1 Å². The SMILES string of the molecule is CN(C)C1CCN(CCc2cccc(N)c2)CC1. The minimum absolute atomic E-state index is 0.772. The van der Waals surface area contributed by atoms with E-state index < -0.39 is 0 Å². The molecule has 0 unspecified atom stereocenters. The van der Waals surface area contributed by atoms with E-state index in [9.17, 15) is 0 Å². The minimum atomic E-state index is 0.772. The fourth-order valence-electron chi connectivity index (χ4n) is 2.70. The number of nitrogens with two attached hydrogens (primary N) is 1. The molecule has 1 aromatic carbocycles. The first kappa shape index (κ1) is 13.4. The van der Waals surface area contributed by atoms with Crippen LogP contribution in [0.4, 0.5) is 5.69 Å². The topological polar surface area (TPSA) is 32.5 Å². The van der Waals surface area contributed by atoms with Crippen molar-refractivity contribution in [1.82, 2.24) is 9.80 Å². The van der Waals surface area contributed by atoms with Gasteiger partial charge in [0.1, 0.15) is 0 Å². The van der Waals surface area contributed by atoms with E-state index in [1.54, 1.807) is 0 Å². The van der Waals surface area contributed by atoms with Gasteiger partial charge in [0.15, 0.2) is 0 Å². The molecule has 1 aliphatic heterocycles. The summed E-state index contributed by atoms with van der Waals surface area (Å²) in [6, 6.07) is 9.03. The molecule has 1 saturated heterocycles. The molecule has 1 fully saturated rings. The summed E-state index contributed by atoms with van der Waals surface area (Å²) in [5.74, 6) is 0. The lowest BCUT2D eigenvalue weighted by molar-refractivity contribution is 0.146. The van der Waals surface area contributed by atoms with Gasteiger partial charge in [0.2, 0.25) is 0 Å². The number of nitrogen functional groups attached to an aromatic ring is 1. The van der Waals surface area contributed by atoms with Gasteiger partial charge in [0.05, 0.1) is 0 Å². The summed E-state index contributed by atoms with van der Waals surface area (Å²) in [5.41, 5.74) is 8.03. The van der Waals surface area contributed by atoms with E-state index in [-0.39, 0.29) is 0 Å². The monoisotopic (exact) mass is 247 g/mol. The summed E-state index contributed by atoms with van der Waals surface area (Å²) in [7, 11) is 4.38. The van der Waals surface area contributed by atoms with Crippen LogP contribution < -0.4 is 5.73 Å². The van der Waals surface area contributed by atoms with Crippen molar-refractivity contribution in [3.05, 3.63) is 29.8 Å². The quantitative estimate of drug-likeness (QED) is 0.824. The first-order valence-corrected chi connectivity index (χ1v) is 6.88. The number of hydrogen-bond donors (Lipinski definition) is 1. The third-order valence-corrected chi connectivity index (χ3v) is 3.96.